The Hall–Kier alpha value is -2.63. The Labute approximate surface area is 139 Å². The molecule has 0 radical (unpaired) electrons. The van der Waals surface area contributed by atoms with Crippen LogP contribution in [-0.2, 0) is 20.7 Å². The number of rotatable bonds is 6. The Morgan fingerprint density at radius 2 is 2.00 bits per heavy atom. The van der Waals surface area contributed by atoms with Gasteiger partial charge < -0.3 is 13.9 Å². The van der Waals surface area contributed by atoms with Gasteiger partial charge in [0.05, 0.1) is 7.11 Å². The number of ketones is 1. The summed E-state index contributed by atoms with van der Waals surface area (Å²) in [7, 11) is 1.54. The number of Topliss-reactive ketones (excluding diaryl/α,β-unsaturated/α-hetero) is 1. The van der Waals surface area contributed by atoms with Crippen molar-refractivity contribution in [3.8, 4) is 5.75 Å². The maximum atomic E-state index is 12.2. The Morgan fingerprint density at radius 1 is 1.29 bits per heavy atom. The standard InChI is InChI=1S/C18H20O6/c1-10-14-6-5-13(22-4)9-16(14)24-18(21)15(10)7-8-17(20)23-12(3)11(2)19/h5-6,9,12H,7-8H2,1-4H3. The van der Waals surface area contributed by atoms with E-state index < -0.39 is 17.7 Å². The van der Waals surface area contributed by atoms with Crippen molar-refractivity contribution < 1.29 is 23.5 Å². The van der Waals surface area contributed by atoms with Crippen LogP contribution in [0.3, 0.4) is 0 Å². The summed E-state index contributed by atoms with van der Waals surface area (Å²) in [5.41, 5.74) is 1.14. The third-order valence-corrected chi connectivity index (χ3v) is 3.95. The Balaban J connectivity index is 2.22. The number of benzene rings is 1. The summed E-state index contributed by atoms with van der Waals surface area (Å²) >= 11 is 0. The molecule has 128 valence electrons. The second-order valence-corrected chi connectivity index (χ2v) is 5.60. The van der Waals surface area contributed by atoms with Crippen LogP contribution in [0.15, 0.2) is 27.4 Å². The fourth-order valence-corrected chi connectivity index (χ4v) is 2.36. The van der Waals surface area contributed by atoms with Crippen LogP contribution in [0.2, 0.25) is 0 Å². The molecule has 1 heterocycles. The summed E-state index contributed by atoms with van der Waals surface area (Å²) < 4.78 is 15.4. The lowest BCUT2D eigenvalue weighted by molar-refractivity contribution is -0.153. The second kappa shape index (κ2) is 7.29. The van der Waals surface area contributed by atoms with Gasteiger partial charge in [0.1, 0.15) is 11.3 Å². The van der Waals surface area contributed by atoms with Crippen molar-refractivity contribution in [2.75, 3.05) is 7.11 Å². The predicted octanol–water partition coefficient (Wildman–Crippen LogP) is 2.56. The number of methoxy groups -OCH3 is 1. The van der Waals surface area contributed by atoms with Gasteiger partial charge in [-0.25, -0.2) is 4.79 Å². The SMILES string of the molecule is COc1ccc2c(C)c(CCC(=O)OC(C)C(C)=O)c(=O)oc2c1. The van der Waals surface area contributed by atoms with Crippen molar-refractivity contribution in [2.45, 2.75) is 39.7 Å². The van der Waals surface area contributed by atoms with Crippen LogP contribution in [0, 0.1) is 6.92 Å². The highest BCUT2D eigenvalue weighted by molar-refractivity contribution is 5.84. The first-order valence-electron chi connectivity index (χ1n) is 7.63. The molecule has 2 rings (SSSR count). The van der Waals surface area contributed by atoms with E-state index in [-0.39, 0.29) is 18.6 Å². The van der Waals surface area contributed by atoms with E-state index in [1.807, 2.05) is 13.0 Å². The molecule has 0 fully saturated rings. The summed E-state index contributed by atoms with van der Waals surface area (Å²) in [6.07, 6.45) is -0.580. The summed E-state index contributed by atoms with van der Waals surface area (Å²) in [5, 5.41) is 0.788. The smallest absolute Gasteiger partial charge is 0.339 e. The molecule has 0 amide bonds. The maximum Gasteiger partial charge on any atom is 0.339 e. The van der Waals surface area contributed by atoms with Crippen molar-refractivity contribution >= 4 is 22.7 Å². The highest BCUT2D eigenvalue weighted by Crippen LogP contribution is 2.24. The summed E-state index contributed by atoms with van der Waals surface area (Å²) in [4.78, 5) is 35.1. The van der Waals surface area contributed by atoms with E-state index in [1.165, 1.54) is 21.0 Å². The predicted molar refractivity (Wildman–Crippen MR) is 88.3 cm³/mol. The van der Waals surface area contributed by atoms with Gasteiger partial charge >= 0.3 is 11.6 Å². The molecule has 1 unspecified atom stereocenters. The van der Waals surface area contributed by atoms with Crippen LogP contribution in [0.25, 0.3) is 11.0 Å². The lowest BCUT2D eigenvalue weighted by Crippen LogP contribution is -2.22. The van der Waals surface area contributed by atoms with Crippen molar-refractivity contribution in [3.05, 3.63) is 39.7 Å². The summed E-state index contributed by atoms with van der Waals surface area (Å²) in [6, 6.07) is 5.24. The molecule has 0 aliphatic rings. The number of esters is 1. The van der Waals surface area contributed by atoms with E-state index in [1.54, 1.807) is 12.1 Å². The number of hydrogen-bond acceptors (Lipinski definition) is 6. The normalized spacial score (nSPS) is 12.0. The minimum atomic E-state index is -0.779. The maximum absolute atomic E-state index is 12.2. The van der Waals surface area contributed by atoms with Gasteiger partial charge in [-0.2, -0.15) is 0 Å². The van der Waals surface area contributed by atoms with Gasteiger partial charge in [0.25, 0.3) is 0 Å². The van der Waals surface area contributed by atoms with Gasteiger partial charge in [-0.15, -0.1) is 0 Å². The van der Waals surface area contributed by atoms with Gasteiger partial charge in [-0.1, -0.05) is 0 Å². The average molecular weight is 332 g/mol. The quantitative estimate of drug-likeness (QED) is 0.597. The number of hydrogen-bond donors (Lipinski definition) is 0. The third-order valence-electron chi connectivity index (χ3n) is 3.95. The molecule has 0 bridgehead atoms. The van der Waals surface area contributed by atoms with Crippen LogP contribution in [0.5, 0.6) is 5.75 Å². The monoisotopic (exact) mass is 332 g/mol. The molecule has 0 aliphatic carbocycles. The van der Waals surface area contributed by atoms with E-state index in [0.29, 0.717) is 16.9 Å². The van der Waals surface area contributed by atoms with E-state index in [9.17, 15) is 14.4 Å². The first-order valence-corrected chi connectivity index (χ1v) is 7.63. The Kier molecular flexibility index (Phi) is 5.39. The van der Waals surface area contributed by atoms with Gasteiger partial charge in [0.15, 0.2) is 11.9 Å². The number of fused-ring (bicyclic) bond motifs is 1. The zero-order valence-corrected chi connectivity index (χ0v) is 14.2. The topological polar surface area (TPSA) is 82.8 Å². The molecule has 1 atom stereocenters. The summed E-state index contributed by atoms with van der Waals surface area (Å²) in [5.74, 6) is -0.148. The highest BCUT2D eigenvalue weighted by atomic mass is 16.5. The van der Waals surface area contributed by atoms with Crippen molar-refractivity contribution in [3.63, 3.8) is 0 Å². The minimum Gasteiger partial charge on any atom is -0.497 e. The molecule has 1 aromatic heterocycles. The van der Waals surface area contributed by atoms with Gasteiger partial charge in [-0.05, 0) is 44.9 Å². The van der Waals surface area contributed by atoms with Crippen molar-refractivity contribution in [2.24, 2.45) is 0 Å². The molecule has 1 aromatic carbocycles. The fourth-order valence-electron chi connectivity index (χ4n) is 2.36. The van der Waals surface area contributed by atoms with E-state index in [0.717, 1.165) is 10.9 Å². The largest absolute Gasteiger partial charge is 0.497 e. The van der Waals surface area contributed by atoms with Crippen LogP contribution in [-0.4, -0.2) is 25.0 Å². The molecule has 6 heteroatoms. The average Bonchev–Trinajstić information content (AvgIpc) is 2.53. The Bertz CT molecular complexity index is 833. The van der Waals surface area contributed by atoms with Gasteiger partial charge in [0.2, 0.25) is 0 Å². The number of carbonyl (C=O) groups excluding carboxylic acids is 2. The molecular formula is C18H20O6. The first-order chi connectivity index (χ1) is 11.3. The molecule has 24 heavy (non-hydrogen) atoms. The second-order valence-electron chi connectivity index (χ2n) is 5.60. The molecule has 6 nitrogen and oxygen atoms in total. The first kappa shape index (κ1) is 17.7. The molecule has 0 aliphatic heterocycles. The molecule has 0 spiro atoms. The van der Waals surface area contributed by atoms with Crippen LogP contribution in [0.1, 0.15) is 31.4 Å². The minimum absolute atomic E-state index is 0.00484. The lowest BCUT2D eigenvalue weighted by Gasteiger charge is -2.11. The zero-order chi connectivity index (χ0) is 17.9. The molecule has 0 saturated heterocycles. The number of aryl methyl sites for hydroxylation is 1. The molecule has 2 aromatic rings. The van der Waals surface area contributed by atoms with Gasteiger partial charge in [0, 0.05) is 23.4 Å². The summed E-state index contributed by atoms with van der Waals surface area (Å²) in [6.45, 7) is 4.68. The van der Waals surface area contributed by atoms with Crippen LogP contribution in [0.4, 0.5) is 0 Å². The van der Waals surface area contributed by atoms with Crippen molar-refractivity contribution in [1.82, 2.24) is 0 Å². The van der Waals surface area contributed by atoms with Gasteiger partial charge in [-0.3, -0.25) is 9.59 Å². The molecule has 0 N–H and O–H groups in total. The third kappa shape index (κ3) is 3.82. The van der Waals surface area contributed by atoms with E-state index >= 15 is 0 Å². The zero-order valence-electron chi connectivity index (χ0n) is 14.2. The number of ether oxygens (including phenoxy) is 2. The van der Waals surface area contributed by atoms with Crippen LogP contribution < -0.4 is 10.4 Å². The lowest BCUT2D eigenvalue weighted by atomic mass is 10.0. The molecule has 0 saturated carbocycles. The Morgan fingerprint density at radius 3 is 2.62 bits per heavy atom. The van der Waals surface area contributed by atoms with E-state index in [4.69, 9.17) is 13.9 Å². The van der Waals surface area contributed by atoms with E-state index in [2.05, 4.69) is 0 Å². The van der Waals surface area contributed by atoms with Crippen LogP contribution >= 0.6 is 0 Å². The highest BCUT2D eigenvalue weighted by Gasteiger charge is 2.17. The fraction of sp³-hybridized carbons (Fsp3) is 0.389. The number of carbonyl (C=O) groups is 2. The van der Waals surface area contributed by atoms with Crippen molar-refractivity contribution in [1.29, 1.82) is 0 Å². The molecular weight excluding hydrogens is 312 g/mol.